The van der Waals surface area contributed by atoms with Crippen LogP contribution in [0.5, 0.6) is 11.5 Å². The van der Waals surface area contributed by atoms with Crippen LogP contribution in [0.3, 0.4) is 0 Å². The van der Waals surface area contributed by atoms with Crippen LogP contribution in [0.1, 0.15) is 23.9 Å². The molecular weight excluding hydrogens is 451 g/mol. The molecule has 0 unspecified atom stereocenters. The van der Waals surface area contributed by atoms with E-state index in [1.54, 1.807) is 49.2 Å². The van der Waals surface area contributed by atoms with Gasteiger partial charge in [-0.25, -0.2) is 4.39 Å². The highest BCUT2D eigenvalue weighted by Crippen LogP contribution is 2.31. The zero-order valence-corrected chi connectivity index (χ0v) is 19.9. The van der Waals surface area contributed by atoms with Gasteiger partial charge in [0, 0.05) is 42.4 Å². The molecule has 2 heterocycles. The number of carbonyl (C=O) groups is 1. The van der Waals surface area contributed by atoms with Crippen LogP contribution in [0.15, 0.2) is 48.7 Å². The first-order valence-corrected chi connectivity index (χ1v) is 11.2. The van der Waals surface area contributed by atoms with Crippen molar-refractivity contribution in [2.75, 3.05) is 13.7 Å². The number of nitrogens with zero attached hydrogens (tertiary/aromatic N) is 3. The largest absolute Gasteiger partial charge is 0.497 e. The van der Waals surface area contributed by atoms with Crippen LogP contribution >= 0.6 is 0 Å². The number of methoxy groups -OCH3 is 1. The molecule has 0 saturated carbocycles. The van der Waals surface area contributed by atoms with Gasteiger partial charge in [-0.2, -0.15) is 5.10 Å². The highest BCUT2D eigenvalue weighted by molar-refractivity contribution is 5.87. The van der Waals surface area contributed by atoms with Crippen molar-refractivity contribution in [2.24, 2.45) is 12.8 Å². The molecule has 0 saturated heterocycles. The molecule has 35 heavy (non-hydrogen) atoms. The van der Waals surface area contributed by atoms with Gasteiger partial charge < -0.3 is 19.9 Å². The molecule has 2 N–H and O–H groups in total. The molecule has 2 aromatic carbocycles. The molecule has 8 nitrogen and oxygen atoms in total. The van der Waals surface area contributed by atoms with E-state index in [9.17, 15) is 9.18 Å². The van der Waals surface area contributed by atoms with Crippen LogP contribution in [-0.4, -0.2) is 34.5 Å². The lowest BCUT2D eigenvalue weighted by atomic mass is 10.0. The Morgan fingerprint density at radius 2 is 1.97 bits per heavy atom. The lowest BCUT2D eigenvalue weighted by Gasteiger charge is -2.12. The van der Waals surface area contributed by atoms with Gasteiger partial charge in [0.2, 0.25) is 0 Å². The van der Waals surface area contributed by atoms with Gasteiger partial charge >= 0.3 is 5.97 Å². The summed E-state index contributed by atoms with van der Waals surface area (Å²) in [7, 11) is 3.40. The number of halogens is 1. The fourth-order valence-corrected chi connectivity index (χ4v) is 3.92. The third kappa shape index (κ3) is 5.09. The molecule has 0 aliphatic heterocycles. The summed E-state index contributed by atoms with van der Waals surface area (Å²) in [6.45, 7) is 2.22. The molecule has 2 aromatic heterocycles. The van der Waals surface area contributed by atoms with Crippen molar-refractivity contribution in [1.29, 1.82) is 0 Å². The SMILES string of the molecule is CCOC(=O)Cc1ccc(OC)cc1OCc1nn(C)c2ccc(-c3ccnc(CN)c3F)cc12. The Hall–Kier alpha value is -3.98. The Morgan fingerprint density at radius 1 is 1.14 bits per heavy atom. The smallest absolute Gasteiger partial charge is 0.310 e. The fraction of sp³-hybridized carbons (Fsp3) is 0.269. The number of benzene rings is 2. The van der Waals surface area contributed by atoms with Crippen LogP contribution in [0.4, 0.5) is 4.39 Å². The molecule has 0 amide bonds. The van der Waals surface area contributed by atoms with E-state index >= 15 is 0 Å². The summed E-state index contributed by atoms with van der Waals surface area (Å²) in [6, 6.07) is 12.5. The van der Waals surface area contributed by atoms with Crippen LogP contribution in [-0.2, 0) is 36.2 Å². The van der Waals surface area contributed by atoms with E-state index in [1.807, 2.05) is 25.2 Å². The van der Waals surface area contributed by atoms with Gasteiger partial charge in [-0.15, -0.1) is 0 Å². The molecule has 0 radical (unpaired) electrons. The topological polar surface area (TPSA) is 101 Å². The Balaban J connectivity index is 1.67. The third-order valence-electron chi connectivity index (χ3n) is 5.67. The van der Waals surface area contributed by atoms with Crippen molar-refractivity contribution in [3.05, 3.63) is 71.4 Å². The summed E-state index contributed by atoms with van der Waals surface area (Å²) in [5.74, 6) is 0.326. The number of pyridine rings is 1. The first kappa shape index (κ1) is 24.2. The highest BCUT2D eigenvalue weighted by Gasteiger charge is 2.16. The molecule has 4 aromatic rings. The summed E-state index contributed by atoms with van der Waals surface area (Å²) >= 11 is 0. The Morgan fingerprint density at radius 3 is 2.71 bits per heavy atom. The Labute approximate surface area is 202 Å². The zero-order chi connectivity index (χ0) is 24.9. The molecular formula is C26H27FN4O4. The second-order valence-electron chi connectivity index (χ2n) is 7.87. The minimum atomic E-state index is -0.434. The number of carbonyl (C=O) groups excluding carboxylic acids is 1. The summed E-state index contributed by atoms with van der Waals surface area (Å²) in [5, 5.41) is 5.43. The number of ether oxygens (including phenoxy) is 3. The van der Waals surface area contributed by atoms with Crippen LogP contribution in [0.25, 0.3) is 22.0 Å². The van der Waals surface area contributed by atoms with Gasteiger partial charge in [0.1, 0.15) is 23.8 Å². The highest BCUT2D eigenvalue weighted by atomic mass is 19.1. The molecule has 0 atom stereocenters. The van der Waals surface area contributed by atoms with Crippen molar-refractivity contribution in [2.45, 2.75) is 26.5 Å². The minimum absolute atomic E-state index is 0.0164. The number of rotatable bonds is 9. The van der Waals surface area contributed by atoms with Gasteiger partial charge in [-0.1, -0.05) is 12.1 Å². The number of aromatic nitrogens is 3. The summed E-state index contributed by atoms with van der Waals surface area (Å²) in [6.07, 6.45) is 1.62. The third-order valence-corrected chi connectivity index (χ3v) is 5.67. The Kier molecular flexibility index (Phi) is 7.26. The summed E-state index contributed by atoms with van der Waals surface area (Å²) < 4.78 is 33.1. The maximum absolute atomic E-state index is 14.9. The molecule has 0 aliphatic carbocycles. The number of fused-ring (bicyclic) bond motifs is 1. The molecule has 4 rings (SSSR count). The van der Waals surface area contributed by atoms with Crippen LogP contribution in [0.2, 0.25) is 0 Å². The van der Waals surface area contributed by atoms with E-state index in [-0.39, 0.29) is 31.2 Å². The van der Waals surface area contributed by atoms with Gasteiger partial charge in [-0.3, -0.25) is 14.5 Å². The molecule has 9 heteroatoms. The number of hydrogen-bond acceptors (Lipinski definition) is 7. The lowest BCUT2D eigenvalue weighted by Crippen LogP contribution is -2.09. The Bertz CT molecular complexity index is 1370. The number of aryl methyl sites for hydroxylation is 1. The average molecular weight is 479 g/mol. The van der Waals surface area contributed by atoms with E-state index in [2.05, 4.69) is 10.1 Å². The maximum atomic E-state index is 14.9. The lowest BCUT2D eigenvalue weighted by molar-refractivity contribution is -0.142. The van der Waals surface area contributed by atoms with Crippen LogP contribution < -0.4 is 15.2 Å². The average Bonchev–Trinajstić information content (AvgIpc) is 3.18. The van der Waals surface area contributed by atoms with Gasteiger partial charge in [0.15, 0.2) is 5.82 Å². The minimum Gasteiger partial charge on any atom is -0.497 e. The van der Waals surface area contributed by atoms with Crippen molar-refractivity contribution in [1.82, 2.24) is 14.8 Å². The first-order valence-electron chi connectivity index (χ1n) is 11.2. The zero-order valence-electron chi connectivity index (χ0n) is 19.9. The number of esters is 1. The maximum Gasteiger partial charge on any atom is 0.310 e. The van der Waals surface area contributed by atoms with Gasteiger partial charge in [0.25, 0.3) is 0 Å². The predicted octanol–water partition coefficient (Wildman–Crippen LogP) is 3.93. The molecule has 0 aliphatic rings. The summed E-state index contributed by atoms with van der Waals surface area (Å²) in [5.41, 5.74) is 9.16. The molecule has 0 bridgehead atoms. The van der Waals surface area contributed by atoms with Crippen molar-refractivity contribution in [3.63, 3.8) is 0 Å². The van der Waals surface area contributed by atoms with Crippen molar-refractivity contribution >= 4 is 16.9 Å². The standard InChI is InChI=1S/C26H27FN4O4/c1-4-34-25(32)12-17-5-7-18(33-3)13-24(17)35-15-22-20-11-16(6-8-23(20)31(2)30-22)19-9-10-29-21(14-28)26(19)27/h5-11,13H,4,12,14-15,28H2,1-3H3. The van der Waals surface area contributed by atoms with Gasteiger partial charge in [-0.05, 0) is 36.8 Å². The predicted molar refractivity (Wildman–Crippen MR) is 129 cm³/mol. The van der Waals surface area contributed by atoms with E-state index in [0.717, 1.165) is 10.9 Å². The molecule has 0 fully saturated rings. The first-order chi connectivity index (χ1) is 16.9. The van der Waals surface area contributed by atoms with E-state index < -0.39 is 5.82 Å². The van der Waals surface area contributed by atoms with E-state index in [0.29, 0.717) is 40.5 Å². The van der Waals surface area contributed by atoms with Crippen molar-refractivity contribution < 1.29 is 23.4 Å². The normalized spacial score (nSPS) is 11.0. The second-order valence-corrected chi connectivity index (χ2v) is 7.87. The number of nitrogens with two attached hydrogens (primary N) is 1. The van der Waals surface area contributed by atoms with E-state index in [1.165, 1.54) is 0 Å². The van der Waals surface area contributed by atoms with Crippen molar-refractivity contribution in [3.8, 4) is 22.6 Å². The van der Waals surface area contributed by atoms with E-state index in [4.69, 9.17) is 19.9 Å². The quantitative estimate of drug-likeness (QED) is 0.364. The fourth-order valence-electron chi connectivity index (χ4n) is 3.92. The monoisotopic (exact) mass is 478 g/mol. The van der Waals surface area contributed by atoms with Crippen LogP contribution in [0, 0.1) is 5.82 Å². The summed E-state index contributed by atoms with van der Waals surface area (Å²) in [4.78, 5) is 16.1. The molecule has 182 valence electrons. The second kappa shape index (κ2) is 10.5. The number of hydrogen-bond donors (Lipinski definition) is 1. The molecule has 0 spiro atoms. The van der Waals surface area contributed by atoms with Gasteiger partial charge in [0.05, 0.1) is 31.3 Å².